The summed E-state index contributed by atoms with van der Waals surface area (Å²) in [5.41, 5.74) is 6.21. The van der Waals surface area contributed by atoms with E-state index in [1.165, 1.54) is 12.1 Å². The number of nitrogens with two attached hydrogens (primary N) is 1. The van der Waals surface area contributed by atoms with Crippen LogP contribution in [0.2, 0.25) is 0 Å². The van der Waals surface area contributed by atoms with Crippen molar-refractivity contribution in [1.29, 1.82) is 0 Å². The summed E-state index contributed by atoms with van der Waals surface area (Å²) < 4.78 is 12.9. The van der Waals surface area contributed by atoms with E-state index in [1.54, 1.807) is 7.05 Å². The summed E-state index contributed by atoms with van der Waals surface area (Å²) in [6.45, 7) is 0.919. The highest BCUT2D eigenvalue weighted by Gasteiger charge is 2.08. The van der Waals surface area contributed by atoms with Gasteiger partial charge in [-0.05, 0) is 38.2 Å². The lowest BCUT2D eigenvalue weighted by Gasteiger charge is -2.15. The van der Waals surface area contributed by atoms with E-state index in [-0.39, 0.29) is 17.5 Å². The molecular weight excluding hydrogens is 275 g/mol. The number of benzene rings is 1. The van der Waals surface area contributed by atoms with Gasteiger partial charge in [0.2, 0.25) is 11.8 Å². The van der Waals surface area contributed by atoms with Gasteiger partial charge in [0.15, 0.2) is 0 Å². The highest BCUT2D eigenvalue weighted by Crippen LogP contribution is 2.19. The van der Waals surface area contributed by atoms with Gasteiger partial charge < -0.3 is 16.4 Å². The Bertz CT molecular complexity index is 508. The van der Waals surface area contributed by atoms with Gasteiger partial charge in [-0.3, -0.25) is 14.5 Å². The third-order valence-electron chi connectivity index (χ3n) is 2.92. The van der Waals surface area contributed by atoms with Crippen LogP contribution in [0.3, 0.4) is 0 Å². The Balaban J connectivity index is 2.33. The SMILES string of the molecule is CNC(=O)CN(C)CCCC(=O)Nc1ccc(F)cc1N. The van der Waals surface area contributed by atoms with Crippen molar-refractivity contribution in [3.05, 3.63) is 24.0 Å². The van der Waals surface area contributed by atoms with Crippen LogP contribution in [-0.4, -0.2) is 43.9 Å². The van der Waals surface area contributed by atoms with Crippen molar-refractivity contribution >= 4 is 23.2 Å². The number of nitrogen functional groups attached to an aromatic ring is 1. The van der Waals surface area contributed by atoms with Crippen molar-refractivity contribution in [2.24, 2.45) is 0 Å². The van der Waals surface area contributed by atoms with Crippen molar-refractivity contribution in [3.8, 4) is 0 Å². The van der Waals surface area contributed by atoms with Gasteiger partial charge in [-0.1, -0.05) is 0 Å². The first-order valence-electron chi connectivity index (χ1n) is 6.66. The van der Waals surface area contributed by atoms with E-state index in [2.05, 4.69) is 10.6 Å². The van der Waals surface area contributed by atoms with E-state index >= 15 is 0 Å². The maximum atomic E-state index is 12.9. The lowest BCUT2D eigenvalue weighted by atomic mass is 10.2. The number of rotatable bonds is 7. The highest BCUT2D eigenvalue weighted by atomic mass is 19.1. The Morgan fingerprint density at radius 1 is 1.33 bits per heavy atom. The van der Waals surface area contributed by atoms with Crippen LogP contribution in [0.25, 0.3) is 0 Å². The quantitative estimate of drug-likeness (QED) is 0.650. The number of nitrogens with zero attached hydrogens (tertiary/aromatic N) is 1. The van der Waals surface area contributed by atoms with Crippen molar-refractivity contribution < 1.29 is 14.0 Å². The van der Waals surface area contributed by atoms with Gasteiger partial charge in [0, 0.05) is 13.5 Å². The van der Waals surface area contributed by atoms with Gasteiger partial charge in [-0.15, -0.1) is 0 Å². The van der Waals surface area contributed by atoms with Crippen LogP contribution >= 0.6 is 0 Å². The maximum Gasteiger partial charge on any atom is 0.233 e. The Labute approximate surface area is 123 Å². The van der Waals surface area contributed by atoms with Crippen LogP contribution in [0.15, 0.2) is 18.2 Å². The molecule has 6 nitrogen and oxygen atoms in total. The van der Waals surface area contributed by atoms with E-state index in [1.807, 2.05) is 11.9 Å². The molecule has 0 bridgehead atoms. The molecular formula is C14H21FN4O2. The van der Waals surface area contributed by atoms with Crippen molar-refractivity contribution in [2.45, 2.75) is 12.8 Å². The predicted molar refractivity (Wildman–Crippen MR) is 80.2 cm³/mol. The average molecular weight is 296 g/mol. The van der Waals surface area contributed by atoms with Gasteiger partial charge >= 0.3 is 0 Å². The first-order valence-corrected chi connectivity index (χ1v) is 6.66. The van der Waals surface area contributed by atoms with Gasteiger partial charge in [-0.25, -0.2) is 4.39 Å². The zero-order valence-electron chi connectivity index (χ0n) is 12.3. The summed E-state index contributed by atoms with van der Waals surface area (Å²) in [6, 6.07) is 3.83. The van der Waals surface area contributed by atoms with Crippen LogP contribution in [0.1, 0.15) is 12.8 Å². The summed E-state index contributed by atoms with van der Waals surface area (Å²) >= 11 is 0. The van der Waals surface area contributed by atoms with Crippen LogP contribution < -0.4 is 16.4 Å². The molecule has 4 N–H and O–H groups in total. The molecule has 0 unspecified atom stereocenters. The second-order valence-corrected chi connectivity index (χ2v) is 4.79. The van der Waals surface area contributed by atoms with Crippen LogP contribution in [0.4, 0.5) is 15.8 Å². The van der Waals surface area contributed by atoms with Crippen LogP contribution in [0.5, 0.6) is 0 Å². The number of anilines is 2. The lowest BCUT2D eigenvalue weighted by Crippen LogP contribution is -2.33. The number of hydrogen-bond donors (Lipinski definition) is 3. The van der Waals surface area contributed by atoms with Crippen LogP contribution in [-0.2, 0) is 9.59 Å². The summed E-state index contributed by atoms with van der Waals surface area (Å²) in [7, 11) is 3.39. The van der Waals surface area contributed by atoms with Crippen LogP contribution in [0, 0.1) is 5.82 Å². The molecule has 0 heterocycles. The van der Waals surface area contributed by atoms with Crippen molar-refractivity contribution in [3.63, 3.8) is 0 Å². The van der Waals surface area contributed by atoms with Gasteiger partial charge in [0.1, 0.15) is 5.82 Å². The second-order valence-electron chi connectivity index (χ2n) is 4.79. The largest absolute Gasteiger partial charge is 0.397 e. The summed E-state index contributed by atoms with van der Waals surface area (Å²) in [4.78, 5) is 24.7. The molecule has 0 atom stereocenters. The molecule has 0 spiro atoms. The Morgan fingerprint density at radius 2 is 2.05 bits per heavy atom. The molecule has 0 saturated heterocycles. The molecule has 0 fully saturated rings. The van der Waals surface area contributed by atoms with Crippen molar-refractivity contribution in [2.75, 3.05) is 38.2 Å². The first-order chi connectivity index (χ1) is 9.92. The molecule has 0 aliphatic rings. The maximum absolute atomic E-state index is 12.9. The smallest absolute Gasteiger partial charge is 0.233 e. The minimum atomic E-state index is -0.443. The fraction of sp³-hybridized carbons (Fsp3) is 0.429. The van der Waals surface area contributed by atoms with E-state index in [4.69, 9.17) is 5.73 Å². The van der Waals surface area contributed by atoms with Gasteiger partial charge in [-0.2, -0.15) is 0 Å². The molecule has 7 heteroatoms. The summed E-state index contributed by atoms with van der Waals surface area (Å²) in [5.74, 6) is -0.705. The Morgan fingerprint density at radius 3 is 2.67 bits per heavy atom. The molecule has 1 aromatic carbocycles. The van der Waals surface area contributed by atoms with Gasteiger partial charge in [0.05, 0.1) is 17.9 Å². The molecule has 0 aromatic heterocycles. The minimum absolute atomic E-state index is 0.0685. The Hall–Kier alpha value is -2.15. The van der Waals surface area contributed by atoms with Gasteiger partial charge in [0.25, 0.3) is 0 Å². The number of nitrogens with one attached hydrogen (secondary N) is 2. The third kappa shape index (κ3) is 6.22. The standard InChI is InChI=1S/C14H21FN4O2/c1-17-14(21)9-19(2)7-3-4-13(20)18-12-6-5-10(15)8-11(12)16/h5-6,8H,3-4,7,9,16H2,1-2H3,(H,17,21)(H,18,20). The first kappa shape index (κ1) is 16.9. The highest BCUT2D eigenvalue weighted by molar-refractivity contribution is 5.93. The molecule has 116 valence electrons. The fourth-order valence-electron chi connectivity index (χ4n) is 1.77. The van der Waals surface area contributed by atoms with Crippen molar-refractivity contribution in [1.82, 2.24) is 10.2 Å². The number of carbonyl (C=O) groups is 2. The molecule has 1 rings (SSSR count). The third-order valence-corrected chi connectivity index (χ3v) is 2.92. The number of amides is 2. The molecule has 2 amide bonds. The van der Waals surface area contributed by atoms with E-state index in [9.17, 15) is 14.0 Å². The summed E-state index contributed by atoms with van der Waals surface area (Å²) in [5, 5.41) is 5.17. The molecule has 21 heavy (non-hydrogen) atoms. The molecule has 0 saturated carbocycles. The number of halogens is 1. The zero-order valence-corrected chi connectivity index (χ0v) is 12.3. The minimum Gasteiger partial charge on any atom is -0.397 e. The normalized spacial score (nSPS) is 10.5. The number of likely N-dealkylation sites (N-methyl/N-ethyl adjacent to an activating group) is 2. The molecule has 0 aliphatic heterocycles. The Kier molecular flexibility index (Phi) is 6.61. The fourth-order valence-corrected chi connectivity index (χ4v) is 1.77. The van der Waals surface area contributed by atoms with E-state index < -0.39 is 5.82 Å². The zero-order chi connectivity index (χ0) is 15.8. The number of carbonyl (C=O) groups excluding carboxylic acids is 2. The molecule has 0 radical (unpaired) electrons. The topological polar surface area (TPSA) is 87.5 Å². The number of hydrogen-bond acceptors (Lipinski definition) is 4. The average Bonchev–Trinajstić information content (AvgIpc) is 2.41. The monoisotopic (exact) mass is 296 g/mol. The van der Waals surface area contributed by atoms with E-state index in [0.717, 1.165) is 6.07 Å². The molecule has 1 aromatic rings. The lowest BCUT2D eigenvalue weighted by molar-refractivity contribution is -0.121. The summed E-state index contributed by atoms with van der Waals surface area (Å²) in [6.07, 6.45) is 0.912. The second kappa shape index (κ2) is 8.21. The molecule has 0 aliphatic carbocycles. The predicted octanol–water partition coefficient (Wildman–Crippen LogP) is 0.804. The van der Waals surface area contributed by atoms with E-state index in [0.29, 0.717) is 31.6 Å².